The summed E-state index contributed by atoms with van der Waals surface area (Å²) in [5.41, 5.74) is 1.73. The Kier molecular flexibility index (Phi) is 2.80. The van der Waals surface area contributed by atoms with Gasteiger partial charge in [0.05, 0.1) is 11.8 Å². The summed E-state index contributed by atoms with van der Waals surface area (Å²) in [5.74, 6) is 0.0445. The maximum atomic E-state index is 12.3. The number of hydrogen-bond donors (Lipinski definition) is 1. The minimum atomic E-state index is 0.0445. The maximum absolute atomic E-state index is 12.3. The normalized spacial score (nSPS) is 14.4. The molecule has 0 aliphatic heterocycles. The van der Waals surface area contributed by atoms with Crippen LogP contribution in [0.25, 0.3) is 0 Å². The fourth-order valence-corrected chi connectivity index (χ4v) is 1.97. The van der Waals surface area contributed by atoms with Crippen molar-refractivity contribution in [3.63, 3.8) is 0 Å². The molecule has 0 aromatic carbocycles. The summed E-state index contributed by atoms with van der Waals surface area (Å²) in [6.07, 6.45) is 8.91. The maximum Gasteiger partial charge on any atom is 0.257 e. The lowest BCUT2D eigenvalue weighted by atomic mass is 10.2. The molecule has 2 aromatic rings. The predicted octanol–water partition coefficient (Wildman–Crippen LogP) is 1.61. The molecule has 1 fully saturated rings. The van der Waals surface area contributed by atoms with Gasteiger partial charge in [-0.05, 0) is 30.5 Å². The number of H-pyrrole nitrogens is 1. The number of nitrogens with one attached hydrogen (secondary N) is 1. The van der Waals surface area contributed by atoms with Gasteiger partial charge in [0.1, 0.15) is 0 Å². The third-order valence-electron chi connectivity index (χ3n) is 3.10. The number of aromatic amines is 1. The third kappa shape index (κ3) is 2.25. The first-order chi connectivity index (χ1) is 8.84. The zero-order valence-corrected chi connectivity index (χ0v) is 9.91. The fourth-order valence-electron chi connectivity index (χ4n) is 1.97. The number of rotatable bonds is 4. The molecule has 0 spiro atoms. The Morgan fingerprint density at radius 2 is 2.17 bits per heavy atom. The summed E-state index contributed by atoms with van der Waals surface area (Å²) in [7, 11) is 0. The molecule has 2 heterocycles. The lowest BCUT2D eigenvalue weighted by Crippen LogP contribution is -2.32. The largest absolute Gasteiger partial charge is 0.331 e. The van der Waals surface area contributed by atoms with Gasteiger partial charge >= 0.3 is 0 Å². The average Bonchev–Trinajstić information content (AvgIpc) is 3.10. The first kappa shape index (κ1) is 11.0. The second kappa shape index (κ2) is 4.60. The van der Waals surface area contributed by atoms with E-state index in [2.05, 4.69) is 15.2 Å². The minimum Gasteiger partial charge on any atom is -0.331 e. The van der Waals surface area contributed by atoms with Gasteiger partial charge in [-0.3, -0.25) is 14.9 Å². The first-order valence-corrected chi connectivity index (χ1v) is 6.03. The summed E-state index contributed by atoms with van der Waals surface area (Å²) in [5, 5.41) is 6.51. The van der Waals surface area contributed by atoms with E-state index in [0.29, 0.717) is 18.2 Å². The lowest BCUT2D eigenvalue weighted by Gasteiger charge is -2.21. The van der Waals surface area contributed by atoms with Crippen molar-refractivity contribution in [3.8, 4) is 0 Å². The molecule has 1 N–H and O–H groups in total. The number of carbonyl (C=O) groups excluding carboxylic acids is 1. The fraction of sp³-hybridized carbons (Fsp3) is 0.308. The van der Waals surface area contributed by atoms with E-state index in [0.717, 1.165) is 18.4 Å². The third-order valence-corrected chi connectivity index (χ3v) is 3.10. The van der Waals surface area contributed by atoms with E-state index in [9.17, 15) is 4.79 Å². The highest BCUT2D eigenvalue weighted by Crippen LogP contribution is 2.29. The second-order valence-electron chi connectivity index (χ2n) is 4.51. The summed E-state index contributed by atoms with van der Waals surface area (Å²) >= 11 is 0. The predicted molar refractivity (Wildman–Crippen MR) is 65.7 cm³/mol. The SMILES string of the molecule is O=C(c1cn[nH]c1)N(Cc1ccncc1)C1CC1. The molecule has 5 heteroatoms. The van der Waals surface area contributed by atoms with Crippen molar-refractivity contribution in [3.05, 3.63) is 48.0 Å². The van der Waals surface area contributed by atoms with Crippen molar-refractivity contribution in [2.45, 2.75) is 25.4 Å². The van der Waals surface area contributed by atoms with Gasteiger partial charge in [0.15, 0.2) is 0 Å². The topological polar surface area (TPSA) is 61.9 Å². The quantitative estimate of drug-likeness (QED) is 0.886. The van der Waals surface area contributed by atoms with Crippen molar-refractivity contribution < 1.29 is 4.79 Å². The molecule has 5 nitrogen and oxygen atoms in total. The molecule has 18 heavy (non-hydrogen) atoms. The van der Waals surface area contributed by atoms with Gasteiger partial charge in [-0.1, -0.05) is 0 Å². The second-order valence-corrected chi connectivity index (χ2v) is 4.51. The van der Waals surface area contributed by atoms with E-state index >= 15 is 0 Å². The number of carbonyl (C=O) groups is 1. The molecule has 0 unspecified atom stereocenters. The Hall–Kier alpha value is -2.17. The van der Waals surface area contributed by atoms with Gasteiger partial charge in [0.25, 0.3) is 5.91 Å². The first-order valence-electron chi connectivity index (χ1n) is 6.03. The van der Waals surface area contributed by atoms with Crippen LogP contribution in [0.15, 0.2) is 36.9 Å². The number of nitrogens with zero attached hydrogens (tertiary/aromatic N) is 3. The molecular formula is C13H14N4O. The number of pyridine rings is 1. The van der Waals surface area contributed by atoms with Crippen LogP contribution >= 0.6 is 0 Å². The van der Waals surface area contributed by atoms with Crippen LogP contribution in [-0.2, 0) is 6.54 Å². The van der Waals surface area contributed by atoms with Crippen molar-refractivity contribution in [1.82, 2.24) is 20.1 Å². The van der Waals surface area contributed by atoms with Crippen LogP contribution in [0.1, 0.15) is 28.8 Å². The highest BCUT2D eigenvalue weighted by molar-refractivity contribution is 5.94. The van der Waals surface area contributed by atoms with Gasteiger partial charge in [-0.15, -0.1) is 0 Å². The summed E-state index contributed by atoms with van der Waals surface area (Å²) in [6.45, 7) is 0.636. The average molecular weight is 242 g/mol. The van der Waals surface area contributed by atoms with E-state index in [1.165, 1.54) is 0 Å². The smallest absolute Gasteiger partial charge is 0.257 e. The van der Waals surface area contributed by atoms with E-state index < -0.39 is 0 Å². The van der Waals surface area contributed by atoms with Crippen LogP contribution < -0.4 is 0 Å². The molecule has 1 amide bonds. The van der Waals surface area contributed by atoms with E-state index in [4.69, 9.17) is 0 Å². The Balaban J connectivity index is 1.79. The molecule has 2 aromatic heterocycles. The van der Waals surface area contributed by atoms with Crippen LogP contribution in [0.2, 0.25) is 0 Å². The number of amides is 1. The van der Waals surface area contributed by atoms with Crippen molar-refractivity contribution in [1.29, 1.82) is 0 Å². The Morgan fingerprint density at radius 1 is 1.39 bits per heavy atom. The van der Waals surface area contributed by atoms with Crippen LogP contribution in [0.4, 0.5) is 0 Å². The van der Waals surface area contributed by atoms with E-state index in [1.807, 2.05) is 17.0 Å². The molecule has 1 aliphatic carbocycles. The van der Waals surface area contributed by atoms with Crippen LogP contribution in [0, 0.1) is 0 Å². The van der Waals surface area contributed by atoms with Gasteiger partial charge in [0.2, 0.25) is 0 Å². The Morgan fingerprint density at radius 3 is 2.78 bits per heavy atom. The summed E-state index contributed by atoms with van der Waals surface area (Å²) in [6, 6.07) is 4.26. The number of aromatic nitrogens is 3. The molecule has 3 rings (SSSR count). The standard InChI is InChI=1S/C13H14N4O/c18-13(11-7-15-16-8-11)17(12-1-2-12)9-10-3-5-14-6-4-10/h3-8,12H,1-2,9H2,(H,15,16). The number of hydrogen-bond acceptors (Lipinski definition) is 3. The molecular weight excluding hydrogens is 228 g/mol. The van der Waals surface area contributed by atoms with E-state index in [-0.39, 0.29) is 5.91 Å². The van der Waals surface area contributed by atoms with Gasteiger partial charge in [0, 0.05) is 31.2 Å². The van der Waals surface area contributed by atoms with Gasteiger partial charge < -0.3 is 4.90 Å². The van der Waals surface area contributed by atoms with Crippen LogP contribution in [0.5, 0.6) is 0 Å². The molecule has 0 saturated heterocycles. The molecule has 0 atom stereocenters. The van der Waals surface area contributed by atoms with E-state index in [1.54, 1.807) is 24.8 Å². The molecule has 1 aliphatic rings. The molecule has 0 radical (unpaired) electrons. The Labute approximate surface area is 105 Å². The molecule has 1 saturated carbocycles. The summed E-state index contributed by atoms with van der Waals surface area (Å²) in [4.78, 5) is 18.2. The van der Waals surface area contributed by atoms with Gasteiger partial charge in [-0.25, -0.2) is 0 Å². The zero-order chi connectivity index (χ0) is 12.4. The minimum absolute atomic E-state index is 0.0445. The van der Waals surface area contributed by atoms with Gasteiger partial charge in [-0.2, -0.15) is 5.10 Å². The van der Waals surface area contributed by atoms with Crippen molar-refractivity contribution >= 4 is 5.91 Å². The van der Waals surface area contributed by atoms with Crippen molar-refractivity contribution in [2.24, 2.45) is 0 Å². The zero-order valence-electron chi connectivity index (χ0n) is 9.91. The van der Waals surface area contributed by atoms with Crippen LogP contribution in [0.3, 0.4) is 0 Å². The lowest BCUT2D eigenvalue weighted by molar-refractivity contribution is 0.0730. The highest BCUT2D eigenvalue weighted by atomic mass is 16.2. The summed E-state index contributed by atoms with van der Waals surface area (Å²) < 4.78 is 0. The van der Waals surface area contributed by atoms with Crippen LogP contribution in [-0.4, -0.2) is 32.0 Å². The monoisotopic (exact) mass is 242 g/mol. The molecule has 0 bridgehead atoms. The van der Waals surface area contributed by atoms with Crippen molar-refractivity contribution in [2.75, 3.05) is 0 Å². The Bertz CT molecular complexity index is 519. The molecule has 92 valence electrons. The highest BCUT2D eigenvalue weighted by Gasteiger charge is 2.33.